The van der Waals surface area contributed by atoms with Crippen LogP contribution in [0.15, 0.2) is 0 Å². The topological polar surface area (TPSA) is 9.23 Å². The summed E-state index contributed by atoms with van der Waals surface area (Å²) < 4.78 is 298. The van der Waals surface area contributed by atoms with Crippen LogP contribution in [0.2, 0.25) is 0 Å². The van der Waals surface area contributed by atoms with Gasteiger partial charge in [0.1, 0.15) is 0 Å². The lowest BCUT2D eigenvalue weighted by Gasteiger charge is -2.52. The Morgan fingerprint density at radius 2 is 0.378 bits per heavy atom. The third-order valence-corrected chi connectivity index (χ3v) is 7.10. The van der Waals surface area contributed by atoms with E-state index in [4.69, 9.17) is 0 Å². The third-order valence-electron chi connectivity index (χ3n) is 5.07. The molecule has 0 saturated heterocycles. The fourth-order valence-corrected chi connectivity index (χ4v) is 4.52. The van der Waals surface area contributed by atoms with Crippen molar-refractivity contribution in [2.24, 2.45) is 0 Å². The molecule has 0 aromatic heterocycles. The van der Waals surface area contributed by atoms with E-state index in [9.17, 15) is 96.6 Å². The van der Waals surface area contributed by atoms with Crippen LogP contribution in [0.3, 0.4) is 0 Å². The minimum atomic E-state index is -7.89. The molecule has 37 heavy (non-hydrogen) atoms. The predicted octanol–water partition coefficient (Wildman–Crippen LogP) is 8.01. The van der Waals surface area contributed by atoms with Crippen LogP contribution in [-0.4, -0.2) is 69.2 Å². The molecular weight excluding hydrogens is 642 g/mol. The molecule has 25 heteroatoms. The van der Waals surface area contributed by atoms with E-state index < -0.39 is 93.3 Å². The fraction of sp³-hybridized carbons (Fsp3) is 1.00. The van der Waals surface area contributed by atoms with Crippen molar-refractivity contribution in [2.75, 3.05) is 0 Å². The van der Waals surface area contributed by atoms with Crippen LogP contribution >= 0.6 is 24.1 Å². The molecule has 1 nitrogen and oxygen atoms in total. The minimum Gasteiger partial charge on any atom is -0.240 e. The summed E-state index contributed by atoms with van der Waals surface area (Å²) in [6, 6.07) is 0. The Hall–Kier alpha value is -0.880. The molecule has 2 saturated carbocycles. The van der Waals surface area contributed by atoms with Gasteiger partial charge in [-0.25, -0.2) is 12.4 Å². The molecule has 0 aliphatic heterocycles. The van der Waals surface area contributed by atoms with Crippen LogP contribution in [-0.2, 0) is 3.63 Å². The summed E-state index contributed by atoms with van der Waals surface area (Å²) in [4.78, 5) is 0. The van der Waals surface area contributed by atoms with Crippen LogP contribution in [0, 0.1) is 0 Å². The highest BCUT2D eigenvalue weighted by molar-refractivity contribution is 8.09. The molecule has 0 radical (unpaired) electrons. The number of hydrogen-bond acceptors (Lipinski definition) is 3. The Morgan fingerprint density at radius 1 is 0.243 bits per heavy atom. The zero-order valence-electron chi connectivity index (χ0n) is 15.5. The highest BCUT2D eigenvalue weighted by Gasteiger charge is 3.03. The number of hydrogen-bond donors (Lipinski definition) is 0. The zero-order chi connectivity index (χ0) is 30.1. The van der Waals surface area contributed by atoms with Gasteiger partial charge in [-0.2, -0.15) is 87.8 Å². The second kappa shape index (κ2) is 7.44. The first-order valence-corrected chi connectivity index (χ1v) is 9.38. The molecule has 0 N–H and O–H groups in total. The fourth-order valence-electron chi connectivity index (χ4n) is 2.71. The molecule has 0 heterocycles. The summed E-state index contributed by atoms with van der Waals surface area (Å²) in [5, 5.41) is -14.8. The van der Waals surface area contributed by atoms with E-state index in [0.717, 1.165) is 0 Å². The Labute approximate surface area is 194 Å². The highest BCUT2D eigenvalue weighted by atomic mass is 32.2. The van der Waals surface area contributed by atoms with Crippen molar-refractivity contribution >= 4 is 24.1 Å². The summed E-state index contributed by atoms with van der Waals surface area (Å²) in [5.41, 5.74) is 0. The molecule has 2 rings (SSSR count). The van der Waals surface area contributed by atoms with Crippen molar-refractivity contribution in [3.8, 4) is 0 Å². The molecule has 0 spiro atoms. The van der Waals surface area contributed by atoms with Crippen LogP contribution < -0.4 is 0 Å². The zero-order valence-corrected chi connectivity index (χ0v) is 17.2. The molecule has 2 aliphatic rings. The van der Waals surface area contributed by atoms with Gasteiger partial charge >= 0.3 is 69.2 Å². The highest BCUT2D eigenvalue weighted by Crippen LogP contribution is 2.75. The van der Waals surface area contributed by atoms with Crippen molar-refractivity contribution in [1.29, 1.82) is 0 Å². The molecule has 0 bridgehead atoms. The van der Waals surface area contributed by atoms with Gasteiger partial charge < -0.3 is 0 Å². The van der Waals surface area contributed by atoms with Gasteiger partial charge in [0.05, 0.1) is 24.1 Å². The molecular formula is C12F22OS2. The SMILES string of the molecule is FC1(F)C(F)(F)C(F)(F)C(F)(SOSC2(F)C(F)(F)C(F)(F)C(F)(F)C(F)(F)C2(F)F)C(F)(F)C1(F)F. The van der Waals surface area contributed by atoms with Crippen LogP contribution in [0.25, 0.3) is 0 Å². The van der Waals surface area contributed by atoms with Crippen LogP contribution in [0.4, 0.5) is 96.6 Å². The maximum absolute atomic E-state index is 14.3. The Bertz CT molecular complexity index is 806. The summed E-state index contributed by atoms with van der Waals surface area (Å²) in [7, 11) is 0. The number of rotatable bonds is 4. The van der Waals surface area contributed by atoms with E-state index in [1.807, 2.05) is 0 Å². The average molecular weight is 642 g/mol. The lowest BCUT2D eigenvalue weighted by molar-refractivity contribution is -0.469. The Balaban J connectivity index is 2.62. The standard InChI is InChI=1S/C12F22OS2/c13-1(14)3(17,18)7(25,26)11(33,8(27,28)4(1,19)20)36-35-37-12(34)9(29,30)5(21,22)2(15,16)6(23,24)10(12,31)32. The number of halogens is 22. The molecule has 0 aromatic rings. The van der Waals surface area contributed by atoms with Crippen molar-refractivity contribution < 1.29 is 100 Å². The largest absolute Gasteiger partial charge is 0.384 e. The maximum Gasteiger partial charge on any atom is 0.384 e. The van der Waals surface area contributed by atoms with Gasteiger partial charge in [-0.1, -0.05) is 0 Å². The Kier molecular flexibility index (Phi) is 6.50. The van der Waals surface area contributed by atoms with E-state index in [0.29, 0.717) is 0 Å². The van der Waals surface area contributed by atoms with Gasteiger partial charge in [-0.15, -0.1) is 0 Å². The van der Waals surface area contributed by atoms with Gasteiger partial charge in [-0.05, 0) is 0 Å². The Morgan fingerprint density at radius 3 is 0.541 bits per heavy atom. The maximum atomic E-state index is 14.3. The first kappa shape index (κ1) is 32.3. The summed E-state index contributed by atoms with van der Waals surface area (Å²) in [6.07, 6.45) is 0. The molecule has 0 atom stereocenters. The molecule has 2 aliphatic carbocycles. The van der Waals surface area contributed by atoms with E-state index in [1.54, 1.807) is 0 Å². The van der Waals surface area contributed by atoms with Crippen molar-refractivity contribution in [2.45, 2.75) is 69.2 Å². The molecule has 0 aromatic carbocycles. The van der Waals surface area contributed by atoms with Gasteiger partial charge in [-0.3, -0.25) is 0 Å². The van der Waals surface area contributed by atoms with Crippen molar-refractivity contribution in [3.63, 3.8) is 0 Å². The van der Waals surface area contributed by atoms with E-state index >= 15 is 0 Å². The second-order valence-electron chi connectivity index (χ2n) is 7.17. The van der Waals surface area contributed by atoms with Gasteiger partial charge in [0, 0.05) is 0 Å². The lowest BCUT2D eigenvalue weighted by Crippen LogP contribution is -2.83. The normalized spacial score (nSPS) is 33.9. The van der Waals surface area contributed by atoms with E-state index in [1.165, 1.54) is 0 Å². The third kappa shape index (κ3) is 2.91. The smallest absolute Gasteiger partial charge is 0.240 e. The minimum absolute atomic E-state index is 2.51. The summed E-state index contributed by atoms with van der Waals surface area (Å²) in [5.74, 6) is -78.7. The quantitative estimate of drug-likeness (QED) is 0.227. The molecule has 0 unspecified atom stereocenters. The van der Waals surface area contributed by atoms with Crippen LogP contribution in [0.1, 0.15) is 0 Å². The average Bonchev–Trinajstić information content (AvgIpc) is 2.70. The predicted molar refractivity (Wildman–Crippen MR) is 73.4 cm³/mol. The monoisotopic (exact) mass is 642 g/mol. The summed E-state index contributed by atoms with van der Waals surface area (Å²) >= 11 is -6.54. The van der Waals surface area contributed by atoms with E-state index in [2.05, 4.69) is 3.63 Å². The first-order valence-electron chi connectivity index (χ1n) is 7.90. The van der Waals surface area contributed by atoms with E-state index in [-0.39, 0.29) is 0 Å². The van der Waals surface area contributed by atoms with Crippen molar-refractivity contribution in [3.05, 3.63) is 0 Å². The van der Waals surface area contributed by atoms with Crippen LogP contribution in [0.5, 0.6) is 0 Å². The molecule has 0 amide bonds. The van der Waals surface area contributed by atoms with Gasteiger partial charge in [0.2, 0.25) is 0 Å². The van der Waals surface area contributed by atoms with Gasteiger partial charge in [0.15, 0.2) is 0 Å². The van der Waals surface area contributed by atoms with Gasteiger partial charge in [0.25, 0.3) is 0 Å². The van der Waals surface area contributed by atoms with Crippen molar-refractivity contribution in [1.82, 2.24) is 0 Å². The molecule has 2 fully saturated rings. The lowest BCUT2D eigenvalue weighted by atomic mass is 9.81. The number of alkyl halides is 22. The second-order valence-corrected chi connectivity index (χ2v) is 9.17. The first-order chi connectivity index (χ1) is 15.7. The molecule has 220 valence electrons. The summed E-state index contributed by atoms with van der Waals surface area (Å²) in [6.45, 7) is 0.